The lowest BCUT2D eigenvalue weighted by atomic mass is 10.1. The van der Waals surface area contributed by atoms with Crippen molar-refractivity contribution in [3.05, 3.63) is 22.7 Å². The molecule has 1 fully saturated rings. The van der Waals surface area contributed by atoms with Crippen molar-refractivity contribution in [1.29, 1.82) is 0 Å². The molecule has 5 nitrogen and oxygen atoms in total. The van der Waals surface area contributed by atoms with E-state index in [2.05, 4.69) is 24.1 Å². The Morgan fingerprint density at radius 3 is 3.11 bits per heavy atom. The van der Waals surface area contributed by atoms with Crippen LogP contribution in [0.1, 0.15) is 26.7 Å². The molecule has 0 unspecified atom stereocenters. The van der Waals surface area contributed by atoms with E-state index < -0.39 is 0 Å². The second kappa shape index (κ2) is 6.00. The van der Waals surface area contributed by atoms with Gasteiger partial charge in [0.1, 0.15) is 6.10 Å². The zero-order valence-corrected chi connectivity index (χ0v) is 11.1. The highest BCUT2D eigenvalue weighted by Crippen LogP contribution is 2.09. The van der Waals surface area contributed by atoms with Gasteiger partial charge in [-0.25, -0.2) is 4.98 Å². The summed E-state index contributed by atoms with van der Waals surface area (Å²) in [6.45, 7) is 6.68. The third-order valence-electron chi connectivity index (χ3n) is 2.97. The number of hydrogen-bond donors (Lipinski definition) is 1. The van der Waals surface area contributed by atoms with Crippen molar-refractivity contribution < 1.29 is 4.74 Å². The molecule has 0 bridgehead atoms. The lowest BCUT2D eigenvalue weighted by Gasteiger charge is -2.23. The average molecular weight is 251 g/mol. The number of hydrogen-bond acceptors (Lipinski definition) is 4. The van der Waals surface area contributed by atoms with Crippen LogP contribution in [-0.4, -0.2) is 28.7 Å². The first-order valence-electron chi connectivity index (χ1n) is 6.59. The summed E-state index contributed by atoms with van der Waals surface area (Å²) in [5.41, 5.74) is -0.128. The SMILES string of the molecule is CC(C)Cn1ccnc(O[C@H]2CCCNC2)c1=O. The molecule has 1 aromatic heterocycles. The summed E-state index contributed by atoms with van der Waals surface area (Å²) >= 11 is 0. The van der Waals surface area contributed by atoms with E-state index in [-0.39, 0.29) is 17.5 Å². The molecule has 1 saturated heterocycles. The fourth-order valence-corrected chi connectivity index (χ4v) is 2.12. The van der Waals surface area contributed by atoms with Crippen LogP contribution in [0.3, 0.4) is 0 Å². The third kappa shape index (κ3) is 3.32. The number of nitrogens with zero attached hydrogens (tertiary/aromatic N) is 2. The highest BCUT2D eigenvalue weighted by Gasteiger charge is 2.17. The van der Waals surface area contributed by atoms with Gasteiger partial charge in [0.15, 0.2) is 0 Å². The first kappa shape index (κ1) is 13.1. The second-order valence-electron chi connectivity index (χ2n) is 5.17. The highest BCUT2D eigenvalue weighted by atomic mass is 16.5. The van der Waals surface area contributed by atoms with Crippen molar-refractivity contribution >= 4 is 0 Å². The minimum atomic E-state index is -0.128. The molecule has 5 heteroatoms. The summed E-state index contributed by atoms with van der Waals surface area (Å²) in [7, 11) is 0. The molecule has 0 aliphatic carbocycles. The fourth-order valence-electron chi connectivity index (χ4n) is 2.12. The molecular formula is C13H21N3O2. The molecule has 0 amide bonds. The molecule has 1 aromatic rings. The minimum absolute atomic E-state index is 0.0637. The van der Waals surface area contributed by atoms with Gasteiger partial charge in [-0.05, 0) is 25.3 Å². The Hall–Kier alpha value is -1.36. The van der Waals surface area contributed by atoms with E-state index in [1.54, 1.807) is 17.0 Å². The molecule has 0 spiro atoms. The Kier molecular flexibility index (Phi) is 4.36. The molecule has 0 aromatic carbocycles. The zero-order chi connectivity index (χ0) is 13.0. The van der Waals surface area contributed by atoms with E-state index in [9.17, 15) is 4.79 Å². The van der Waals surface area contributed by atoms with Crippen molar-refractivity contribution in [2.45, 2.75) is 39.3 Å². The molecule has 1 aliphatic rings. The summed E-state index contributed by atoms with van der Waals surface area (Å²) in [5, 5.41) is 3.26. The van der Waals surface area contributed by atoms with Gasteiger partial charge >= 0.3 is 5.56 Å². The highest BCUT2D eigenvalue weighted by molar-refractivity contribution is 5.05. The largest absolute Gasteiger partial charge is 0.469 e. The second-order valence-corrected chi connectivity index (χ2v) is 5.17. The van der Waals surface area contributed by atoms with E-state index in [0.29, 0.717) is 12.5 Å². The van der Waals surface area contributed by atoms with Crippen LogP contribution in [-0.2, 0) is 6.54 Å². The van der Waals surface area contributed by atoms with E-state index in [1.165, 1.54) is 0 Å². The van der Waals surface area contributed by atoms with Crippen molar-refractivity contribution in [1.82, 2.24) is 14.9 Å². The van der Waals surface area contributed by atoms with Gasteiger partial charge in [-0.15, -0.1) is 0 Å². The number of piperidine rings is 1. The van der Waals surface area contributed by atoms with Crippen molar-refractivity contribution in [3.63, 3.8) is 0 Å². The molecule has 0 saturated carbocycles. The first-order valence-corrected chi connectivity index (χ1v) is 6.59. The predicted molar refractivity (Wildman–Crippen MR) is 69.9 cm³/mol. The summed E-state index contributed by atoms with van der Waals surface area (Å²) in [6.07, 6.45) is 5.48. The Morgan fingerprint density at radius 1 is 1.61 bits per heavy atom. The van der Waals surface area contributed by atoms with Crippen LogP contribution in [0.5, 0.6) is 5.88 Å². The monoisotopic (exact) mass is 251 g/mol. The van der Waals surface area contributed by atoms with Crippen LogP contribution < -0.4 is 15.6 Å². The average Bonchev–Trinajstić information content (AvgIpc) is 2.35. The summed E-state index contributed by atoms with van der Waals surface area (Å²) in [5.74, 6) is 0.654. The topological polar surface area (TPSA) is 56.1 Å². The molecule has 1 aliphatic heterocycles. The normalized spacial score (nSPS) is 20.1. The van der Waals surface area contributed by atoms with Crippen LogP contribution in [0.25, 0.3) is 0 Å². The van der Waals surface area contributed by atoms with Gasteiger partial charge in [0.25, 0.3) is 5.88 Å². The smallest absolute Gasteiger partial charge is 0.313 e. The first-order chi connectivity index (χ1) is 8.66. The number of nitrogens with one attached hydrogen (secondary N) is 1. The van der Waals surface area contributed by atoms with Gasteiger partial charge in [0.2, 0.25) is 0 Å². The molecule has 18 heavy (non-hydrogen) atoms. The predicted octanol–water partition coefficient (Wildman–Crippen LogP) is 1.03. The molecule has 100 valence electrons. The molecule has 0 radical (unpaired) electrons. The Balaban J connectivity index is 2.10. The van der Waals surface area contributed by atoms with E-state index in [0.717, 1.165) is 25.9 Å². The lowest BCUT2D eigenvalue weighted by Crippen LogP contribution is -2.39. The van der Waals surface area contributed by atoms with Gasteiger partial charge in [-0.1, -0.05) is 13.8 Å². The van der Waals surface area contributed by atoms with E-state index >= 15 is 0 Å². The summed E-state index contributed by atoms with van der Waals surface area (Å²) < 4.78 is 7.37. The Bertz CT molecular complexity index is 436. The van der Waals surface area contributed by atoms with Crippen molar-refractivity contribution in [2.24, 2.45) is 5.92 Å². The quantitative estimate of drug-likeness (QED) is 0.868. The molecule has 1 atom stereocenters. The molecule has 2 rings (SSSR count). The number of ether oxygens (including phenoxy) is 1. The van der Waals surface area contributed by atoms with Crippen molar-refractivity contribution in [3.8, 4) is 5.88 Å². The molecular weight excluding hydrogens is 230 g/mol. The van der Waals surface area contributed by atoms with Crippen LogP contribution in [0.4, 0.5) is 0 Å². The van der Waals surface area contributed by atoms with E-state index in [4.69, 9.17) is 4.74 Å². The van der Waals surface area contributed by atoms with Crippen molar-refractivity contribution in [2.75, 3.05) is 13.1 Å². The van der Waals surface area contributed by atoms with Gasteiger partial charge in [-0.2, -0.15) is 0 Å². The third-order valence-corrected chi connectivity index (χ3v) is 2.97. The molecule has 2 heterocycles. The maximum Gasteiger partial charge on any atom is 0.313 e. The Morgan fingerprint density at radius 2 is 2.44 bits per heavy atom. The summed E-state index contributed by atoms with van der Waals surface area (Å²) in [4.78, 5) is 16.2. The van der Waals surface area contributed by atoms with Gasteiger partial charge in [0, 0.05) is 25.5 Å². The minimum Gasteiger partial charge on any atom is -0.469 e. The Labute approximate surface area is 107 Å². The summed E-state index contributed by atoms with van der Waals surface area (Å²) in [6, 6.07) is 0. The van der Waals surface area contributed by atoms with Gasteiger partial charge in [-0.3, -0.25) is 4.79 Å². The van der Waals surface area contributed by atoms with Crippen LogP contribution in [0.2, 0.25) is 0 Å². The molecule has 1 N–H and O–H groups in total. The fraction of sp³-hybridized carbons (Fsp3) is 0.692. The van der Waals surface area contributed by atoms with E-state index in [1.807, 2.05) is 0 Å². The van der Waals surface area contributed by atoms with Gasteiger partial charge in [0.05, 0.1) is 0 Å². The maximum absolute atomic E-state index is 12.1. The number of rotatable bonds is 4. The number of aromatic nitrogens is 2. The maximum atomic E-state index is 12.1. The van der Waals surface area contributed by atoms with Gasteiger partial charge < -0.3 is 14.6 Å². The van der Waals surface area contributed by atoms with Crippen LogP contribution in [0, 0.1) is 5.92 Å². The standard InChI is InChI=1S/C13H21N3O2/c1-10(2)9-16-7-6-15-12(13(16)17)18-11-4-3-5-14-8-11/h6-7,10-11,14H,3-5,8-9H2,1-2H3/t11-/m0/s1. The van der Waals surface area contributed by atoms with Crippen LogP contribution >= 0.6 is 0 Å². The van der Waals surface area contributed by atoms with Crippen LogP contribution in [0.15, 0.2) is 17.2 Å². The zero-order valence-electron chi connectivity index (χ0n) is 11.1. The lowest BCUT2D eigenvalue weighted by molar-refractivity contribution is 0.156.